The van der Waals surface area contributed by atoms with E-state index in [1.807, 2.05) is 13.2 Å². The predicted molar refractivity (Wildman–Crippen MR) is 99.7 cm³/mol. The third kappa shape index (κ3) is 3.93. The van der Waals surface area contributed by atoms with Gasteiger partial charge < -0.3 is 14.7 Å². The van der Waals surface area contributed by atoms with E-state index in [0.717, 1.165) is 11.1 Å². The van der Waals surface area contributed by atoms with Gasteiger partial charge in [-0.15, -0.1) is 0 Å². The number of aromatic nitrogens is 5. The van der Waals surface area contributed by atoms with E-state index in [-0.39, 0.29) is 17.8 Å². The van der Waals surface area contributed by atoms with Crippen LogP contribution in [0.1, 0.15) is 23.3 Å². The molecule has 28 heavy (non-hydrogen) atoms. The molecule has 9 nitrogen and oxygen atoms in total. The molecule has 0 unspecified atom stereocenters. The lowest BCUT2D eigenvalue weighted by molar-refractivity contribution is 0.0573. The zero-order chi connectivity index (χ0) is 19.5. The quantitative estimate of drug-likeness (QED) is 0.734. The molecule has 9 heteroatoms. The molecule has 0 radical (unpaired) electrons. The van der Waals surface area contributed by atoms with E-state index in [2.05, 4.69) is 20.1 Å². The number of amides is 1. The third-order valence-electron chi connectivity index (χ3n) is 4.63. The number of hydrogen-bond acceptors (Lipinski definition) is 7. The summed E-state index contributed by atoms with van der Waals surface area (Å²) in [6.45, 7) is 1.14. The first-order valence-corrected chi connectivity index (χ1v) is 9.00. The number of aryl methyl sites for hydroxylation is 1. The summed E-state index contributed by atoms with van der Waals surface area (Å²) in [5.41, 5.74) is 2.15. The van der Waals surface area contributed by atoms with Crippen molar-refractivity contribution >= 4 is 5.91 Å². The van der Waals surface area contributed by atoms with Gasteiger partial charge in [0.2, 0.25) is 0 Å². The summed E-state index contributed by atoms with van der Waals surface area (Å²) < 4.78 is 7.60. The first-order chi connectivity index (χ1) is 13.6. The molecular weight excluding hydrogens is 360 g/mol. The molecule has 4 rings (SSSR count). The van der Waals surface area contributed by atoms with Gasteiger partial charge in [-0.2, -0.15) is 5.10 Å². The predicted octanol–water partition coefficient (Wildman–Crippen LogP) is 1.66. The van der Waals surface area contributed by atoms with Gasteiger partial charge in [0.25, 0.3) is 5.91 Å². The van der Waals surface area contributed by atoms with Crippen LogP contribution >= 0.6 is 0 Å². The van der Waals surface area contributed by atoms with Crippen molar-refractivity contribution in [2.75, 3.05) is 13.1 Å². The zero-order valence-electron chi connectivity index (χ0n) is 15.4. The maximum atomic E-state index is 12.5. The summed E-state index contributed by atoms with van der Waals surface area (Å²) in [5.74, 6) is -0.103. The number of ether oxygens (including phenoxy) is 1. The molecule has 1 saturated heterocycles. The highest BCUT2D eigenvalue weighted by Gasteiger charge is 2.25. The Labute approximate surface area is 161 Å². The van der Waals surface area contributed by atoms with Crippen LogP contribution in [0.25, 0.3) is 11.1 Å². The van der Waals surface area contributed by atoms with Crippen molar-refractivity contribution in [1.82, 2.24) is 29.6 Å². The molecule has 1 fully saturated rings. The van der Waals surface area contributed by atoms with Gasteiger partial charge in [-0.3, -0.25) is 9.48 Å². The van der Waals surface area contributed by atoms with E-state index < -0.39 is 0 Å². The molecule has 3 aromatic heterocycles. The number of hydrogen-bond donors (Lipinski definition) is 1. The molecule has 1 N–H and O–H groups in total. The van der Waals surface area contributed by atoms with Gasteiger partial charge in [0.15, 0.2) is 0 Å². The molecule has 3 aromatic rings. The van der Waals surface area contributed by atoms with Crippen LogP contribution in [0.3, 0.4) is 0 Å². The summed E-state index contributed by atoms with van der Waals surface area (Å²) >= 11 is 0. The molecule has 1 amide bonds. The largest absolute Gasteiger partial charge is 0.506 e. The Morgan fingerprint density at radius 3 is 2.43 bits per heavy atom. The number of piperidine rings is 1. The molecule has 0 saturated carbocycles. The van der Waals surface area contributed by atoms with Crippen LogP contribution < -0.4 is 4.74 Å². The Bertz CT molecular complexity index is 947. The number of likely N-dealkylation sites (tertiary alicyclic amines) is 1. The van der Waals surface area contributed by atoms with Crippen molar-refractivity contribution in [1.29, 1.82) is 0 Å². The maximum Gasteiger partial charge on any atom is 0.316 e. The number of pyridine rings is 1. The van der Waals surface area contributed by atoms with Crippen molar-refractivity contribution in [2.45, 2.75) is 18.9 Å². The fourth-order valence-electron chi connectivity index (χ4n) is 3.10. The lowest BCUT2D eigenvalue weighted by Gasteiger charge is -2.31. The normalized spacial score (nSPS) is 14.8. The van der Waals surface area contributed by atoms with E-state index in [9.17, 15) is 9.90 Å². The van der Waals surface area contributed by atoms with Crippen LogP contribution in [0.2, 0.25) is 0 Å². The minimum atomic E-state index is -0.143. The van der Waals surface area contributed by atoms with Gasteiger partial charge in [-0.25, -0.2) is 15.0 Å². The van der Waals surface area contributed by atoms with Gasteiger partial charge in [0, 0.05) is 62.7 Å². The average molecular weight is 380 g/mol. The van der Waals surface area contributed by atoms with E-state index in [4.69, 9.17) is 4.74 Å². The standard InChI is InChI=1S/C19H20N6O3/c1-24-12-14(10-23-24)13-8-21-19(22-9-13)28-16-4-6-25(7-5-16)18(27)17-3-2-15(26)11-20-17/h2-3,8-12,16,26H,4-7H2,1H3. The highest BCUT2D eigenvalue weighted by atomic mass is 16.5. The summed E-state index contributed by atoms with van der Waals surface area (Å²) in [4.78, 5) is 26.7. The van der Waals surface area contributed by atoms with Crippen molar-refractivity contribution in [2.24, 2.45) is 7.05 Å². The van der Waals surface area contributed by atoms with E-state index in [1.165, 1.54) is 18.3 Å². The van der Waals surface area contributed by atoms with E-state index >= 15 is 0 Å². The van der Waals surface area contributed by atoms with Crippen molar-refractivity contribution in [3.63, 3.8) is 0 Å². The summed E-state index contributed by atoms with van der Waals surface area (Å²) in [5, 5.41) is 13.4. The van der Waals surface area contributed by atoms with Crippen molar-refractivity contribution in [3.05, 3.63) is 48.8 Å². The van der Waals surface area contributed by atoms with Crippen molar-refractivity contribution < 1.29 is 14.6 Å². The molecule has 0 aromatic carbocycles. The molecule has 0 aliphatic carbocycles. The van der Waals surface area contributed by atoms with Crippen LogP contribution in [0.15, 0.2) is 43.1 Å². The topological polar surface area (TPSA) is 106 Å². The fourth-order valence-corrected chi connectivity index (χ4v) is 3.10. The molecular formula is C19H20N6O3. The zero-order valence-corrected chi connectivity index (χ0v) is 15.4. The Balaban J connectivity index is 1.31. The van der Waals surface area contributed by atoms with Crippen LogP contribution in [-0.4, -0.2) is 59.8 Å². The van der Waals surface area contributed by atoms with Gasteiger partial charge in [-0.1, -0.05) is 0 Å². The summed E-state index contributed by atoms with van der Waals surface area (Å²) in [7, 11) is 1.86. The van der Waals surface area contributed by atoms with Gasteiger partial charge in [0.05, 0.1) is 12.4 Å². The lowest BCUT2D eigenvalue weighted by atomic mass is 10.1. The number of aromatic hydroxyl groups is 1. The van der Waals surface area contributed by atoms with Crippen molar-refractivity contribution in [3.8, 4) is 22.9 Å². The van der Waals surface area contributed by atoms with Crippen LogP contribution in [0.4, 0.5) is 0 Å². The molecule has 0 atom stereocenters. The van der Waals surface area contributed by atoms with Gasteiger partial charge >= 0.3 is 6.01 Å². The second kappa shape index (κ2) is 7.63. The highest BCUT2D eigenvalue weighted by Crippen LogP contribution is 2.20. The smallest absolute Gasteiger partial charge is 0.316 e. The Morgan fingerprint density at radius 2 is 1.82 bits per heavy atom. The first-order valence-electron chi connectivity index (χ1n) is 9.00. The Morgan fingerprint density at radius 1 is 1.07 bits per heavy atom. The number of nitrogens with zero attached hydrogens (tertiary/aromatic N) is 6. The minimum absolute atomic E-state index is 0.0400. The monoisotopic (exact) mass is 380 g/mol. The second-order valence-corrected chi connectivity index (χ2v) is 6.67. The Hall–Kier alpha value is -3.49. The SMILES string of the molecule is Cn1cc(-c2cnc(OC3CCN(C(=O)c4ccc(O)cn4)CC3)nc2)cn1. The van der Waals surface area contributed by atoms with Crippen LogP contribution in [-0.2, 0) is 7.05 Å². The fraction of sp³-hybridized carbons (Fsp3) is 0.316. The molecule has 4 heterocycles. The number of rotatable bonds is 4. The highest BCUT2D eigenvalue weighted by molar-refractivity contribution is 5.92. The molecule has 1 aliphatic rings. The van der Waals surface area contributed by atoms with Gasteiger partial charge in [0.1, 0.15) is 17.5 Å². The summed E-state index contributed by atoms with van der Waals surface area (Å²) in [6, 6.07) is 3.32. The van der Waals surface area contributed by atoms with Crippen LogP contribution in [0, 0.1) is 0 Å². The first kappa shape index (κ1) is 17.9. The number of carbonyl (C=O) groups excluding carboxylic acids is 1. The van der Waals surface area contributed by atoms with Gasteiger partial charge in [-0.05, 0) is 12.1 Å². The molecule has 144 valence electrons. The average Bonchev–Trinajstić information content (AvgIpc) is 3.15. The molecule has 0 bridgehead atoms. The van der Waals surface area contributed by atoms with Crippen LogP contribution in [0.5, 0.6) is 11.8 Å². The molecule has 1 aliphatic heterocycles. The maximum absolute atomic E-state index is 12.5. The second-order valence-electron chi connectivity index (χ2n) is 6.67. The lowest BCUT2D eigenvalue weighted by Crippen LogP contribution is -2.42. The minimum Gasteiger partial charge on any atom is -0.506 e. The summed E-state index contributed by atoms with van der Waals surface area (Å²) in [6.07, 6.45) is 9.71. The molecule has 0 spiro atoms. The number of carbonyl (C=O) groups is 1. The van der Waals surface area contributed by atoms with E-state index in [0.29, 0.717) is 37.6 Å². The van der Waals surface area contributed by atoms with E-state index in [1.54, 1.807) is 28.2 Å². The Kier molecular flexibility index (Phi) is 4.88. The third-order valence-corrected chi connectivity index (χ3v) is 4.63.